The van der Waals surface area contributed by atoms with Crippen LogP contribution in [0.4, 0.5) is 0 Å². The maximum absolute atomic E-state index is 2.91. The predicted octanol–water partition coefficient (Wildman–Crippen LogP) is 3.12. The molecule has 2 heteroatoms. The van der Waals surface area contributed by atoms with Crippen molar-refractivity contribution < 1.29 is 0 Å². The third-order valence-corrected chi connectivity index (χ3v) is 5.69. The van der Waals surface area contributed by atoms with Gasteiger partial charge in [-0.1, -0.05) is 20.3 Å². The average molecular weight is 250 g/mol. The van der Waals surface area contributed by atoms with Crippen LogP contribution in [-0.2, 0) is 0 Å². The molecule has 2 aliphatic heterocycles. The second-order valence-corrected chi connectivity index (χ2v) is 6.98. The van der Waals surface area contributed by atoms with Crippen molar-refractivity contribution in [2.24, 2.45) is 5.92 Å². The second kappa shape index (κ2) is 5.50. The monoisotopic (exact) mass is 250 g/mol. The van der Waals surface area contributed by atoms with E-state index < -0.39 is 0 Å². The van der Waals surface area contributed by atoms with Crippen molar-refractivity contribution in [2.45, 2.75) is 76.9 Å². The highest BCUT2D eigenvalue weighted by Gasteiger charge is 2.38. The van der Waals surface area contributed by atoms with Crippen molar-refractivity contribution in [1.82, 2.24) is 9.80 Å². The van der Waals surface area contributed by atoms with Gasteiger partial charge < -0.3 is 0 Å². The van der Waals surface area contributed by atoms with Crippen LogP contribution in [0.5, 0.6) is 0 Å². The molecule has 1 aliphatic carbocycles. The highest BCUT2D eigenvalue weighted by molar-refractivity contribution is 4.94. The Balaban J connectivity index is 1.68. The molecule has 3 aliphatic rings. The minimum atomic E-state index is 0.842. The van der Waals surface area contributed by atoms with Gasteiger partial charge in [-0.25, -0.2) is 0 Å². The van der Waals surface area contributed by atoms with E-state index in [0.29, 0.717) is 0 Å². The van der Waals surface area contributed by atoms with Gasteiger partial charge in [-0.05, 0) is 51.0 Å². The Morgan fingerprint density at radius 2 is 1.89 bits per heavy atom. The first kappa shape index (κ1) is 12.9. The molecule has 104 valence electrons. The summed E-state index contributed by atoms with van der Waals surface area (Å²) in [5.74, 6) is 0.969. The van der Waals surface area contributed by atoms with Crippen LogP contribution in [-0.4, -0.2) is 47.6 Å². The van der Waals surface area contributed by atoms with Crippen LogP contribution in [0.25, 0.3) is 0 Å². The summed E-state index contributed by atoms with van der Waals surface area (Å²) in [6, 6.07) is 2.64. The van der Waals surface area contributed by atoms with Gasteiger partial charge in [0.1, 0.15) is 0 Å². The zero-order valence-electron chi connectivity index (χ0n) is 12.3. The molecule has 0 amide bonds. The lowest BCUT2D eigenvalue weighted by Gasteiger charge is -2.50. The minimum absolute atomic E-state index is 0.842. The van der Waals surface area contributed by atoms with Gasteiger partial charge in [0.15, 0.2) is 0 Å². The van der Waals surface area contributed by atoms with Gasteiger partial charge in [0.2, 0.25) is 0 Å². The molecule has 0 spiro atoms. The van der Waals surface area contributed by atoms with E-state index in [1.807, 2.05) is 0 Å². The Bertz CT molecular complexity index is 278. The van der Waals surface area contributed by atoms with Crippen molar-refractivity contribution in [3.8, 4) is 0 Å². The molecule has 0 bridgehead atoms. The summed E-state index contributed by atoms with van der Waals surface area (Å²) in [5.41, 5.74) is 0. The Labute approximate surface area is 113 Å². The van der Waals surface area contributed by atoms with Crippen LogP contribution in [0, 0.1) is 5.92 Å². The molecule has 2 heterocycles. The fraction of sp³-hybridized carbons (Fsp3) is 1.00. The van der Waals surface area contributed by atoms with Crippen LogP contribution >= 0.6 is 0 Å². The lowest BCUT2D eigenvalue weighted by atomic mass is 9.94. The third kappa shape index (κ3) is 2.46. The zero-order valence-corrected chi connectivity index (χ0v) is 12.3. The van der Waals surface area contributed by atoms with Crippen LogP contribution in [0.3, 0.4) is 0 Å². The maximum atomic E-state index is 2.91. The molecule has 3 rings (SSSR count). The smallest absolute Gasteiger partial charge is 0.0224 e. The Morgan fingerprint density at radius 1 is 1.00 bits per heavy atom. The Kier molecular flexibility index (Phi) is 3.95. The van der Waals surface area contributed by atoms with E-state index in [1.54, 1.807) is 0 Å². The van der Waals surface area contributed by atoms with Crippen LogP contribution < -0.4 is 0 Å². The van der Waals surface area contributed by atoms with Gasteiger partial charge in [0.25, 0.3) is 0 Å². The first-order valence-electron chi connectivity index (χ1n) is 8.27. The normalized spacial score (nSPS) is 43.0. The van der Waals surface area contributed by atoms with Gasteiger partial charge in [0, 0.05) is 31.2 Å². The summed E-state index contributed by atoms with van der Waals surface area (Å²) < 4.78 is 0. The molecule has 4 atom stereocenters. The first-order chi connectivity index (χ1) is 8.78. The summed E-state index contributed by atoms with van der Waals surface area (Å²) in [4.78, 5) is 5.71. The van der Waals surface area contributed by atoms with Crippen LogP contribution in [0.15, 0.2) is 0 Å². The molecule has 0 aromatic heterocycles. The fourth-order valence-corrected chi connectivity index (χ4v) is 4.56. The van der Waals surface area contributed by atoms with Crippen molar-refractivity contribution in [1.29, 1.82) is 0 Å². The molecule has 0 aromatic rings. The lowest BCUT2D eigenvalue weighted by Crippen LogP contribution is -2.61. The number of hydrogen-bond donors (Lipinski definition) is 0. The number of rotatable bonds is 2. The second-order valence-electron chi connectivity index (χ2n) is 6.98. The van der Waals surface area contributed by atoms with Crippen molar-refractivity contribution in [2.75, 3.05) is 19.6 Å². The molecule has 0 radical (unpaired) electrons. The molecule has 2 saturated heterocycles. The summed E-state index contributed by atoms with van der Waals surface area (Å²) in [5, 5.41) is 0. The molecule has 18 heavy (non-hydrogen) atoms. The van der Waals surface area contributed by atoms with E-state index in [-0.39, 0.29) is 0 Å². The highest BCUT2D eigenvalue weighted by Crippen LogP contribution is 2.34. The molecular formula is C16H30N2. The van der Waals surface area contributed by atoms with E-state index in [1.165, 1.54) is 64.6 Å². The quantitative estimate of drug-likeness (QED) is 0.743. The van der Waals surface area contributed by atoms with Gasteiger partial charge in [-0.15, -0.1) is 0 Å². The van der Waals surface area contributed by atoms with Crippen LogP contribution in [0.1, 0.15) is 58.8 Å². The van der Waals surface area contributed by atoms with Gasteiger partial charge in [-0.2, -0.15) is 0 Å². The number of piperazine rings is 1. The van der Waals surface area contributed by atoms with E-state index >= 15 is 0 Å². The van der Waals surface area contributed by atoms with E-state index in [4.69, 9.17) is 0 Å². The fourth-order valence-electron chi connectivity index (χ4n) is 4.56. The first-order valence-corrected chi connectivity index (χ1v) is 8.27. The van der Waals surface area contributed by atoms with Crippen LogP contribution in [0.2, 0.25) is 0 Å². The molecular weight excluding hydrogens is 220 g/mol. The summed E-state index contributed by atoms with van der Waals surface area (Å²) in [7, 11) is 0. The van der Waals surface area contributed by atoms with Gasteiger partial charge in [0.05, 0.1) is 0 Å². The SMILES string of the molecule is CCC1CN2CCCCC2CN1C1CCC(C)C1. The lowest BCUT2D eigenvalue weighted by molar-refractivity contribution is -0.0147. The molecule has 0 aromatic carbocycles. The largest absolute Gasteiger partial charge is 0.298 e. The van der Waals surface area contributed by atoms with E-state index in [0.717, 1.165) is 24.0 Å². The Hall–Kier alpha value is -0.0800. The number of hydrogen-bond acceptors (Lipinski definition) is 2. The molecule has 4 unspecified atom stereocenters. The van der Waals surface area contributed by atoms with E-state index in [9.17, 15) is 0 Å². The molecule has 2 nitrogen and oxygen atoms in total. The standard InChI is InChI=1S/C16H30N2/c1-3-14-11-17-9-5-4-6-16(17)12-18(14)15-8-7-13(2)10-15/h13-16H,3-12H2,1-2H3. The average Bonchev–Trinajstić information content (AvgIpc) is 2.83. The van der Waals surface area contributed by atoms with Crippen molar-refractivity contribution in [3.05, 3.63) is 0 Å². The summed E-state index contributed by atoms with van der Waals surface area (Å²) in [6.07, 6.45) is 10.1. The number of fused-ring (bicyclic) bond motifs is 1. The van der Waals surface area contributed by atoms with Crippen molar-refractivity contribution >= 4 is 0 Å². The number of nitrogens with zero attached hydrogens (tertiary/aromatic N) is 2. The minimum Gasteiger partial charge on any atom is -0.298 e. The van der Waals surface area contributed by atoms with Crippen molar-refractivity contribution in [3.63, 3.8) is 0 Å². The highest BCUT2D eigenvalue weighted by atomic mass is 15.3. The topological polar surface area (TPSA) is 6.48 Å². The zero-order chi connectivity index (χ0) is 12.5. The number of piperidine rings is 1. The summed E-state index contributed by atoms with van der Waals surface area (Å²) >= 11 is 0. The van der Waals surface area contributed by atoms with Gasteiger partial charge >= 0.3 is 0 Å². The van der Waals surface area contributed by atoms with Gasteiger partial charge in [-0.3, -0.25) is 9.80 Å². The molecule has 1 saturated carbocycles. The predicted molar refractivity (Wildman–Crippen MR) is 76.8 cm³/mol. The third-order valence-electron chi connectivity index (χ3n) is 5.69. The Morgan fingerprint density at radius 3 is 2.61 bits per heavy atom. The molecule has 3 fully saturated rings. The van der Waals surface area contributed by atoms with E-state index in [2.05, 4.69) is 23.6 Å². The molecule has 0 N–H and O–H groups in total. The maximum Gasteiger partial charge on any atom is 0.0224 e. The summed E-state index contributed by atoms with van der Waals surface area (Å²) in [6.45, 7) is 8.93.